The van der Waals surface area contributed by atoms with Gasteiger partial charge in [-0.05, 0) is 98.9 Å². The zero-order valence-electron chi connectivity index (χ0n) is 49.4. The van der Waals surface area contributed by atoms with Crippen molar-refractivity contribution in [1.82, 2.24) is 0 Å². The van der Waals surface area contributed by atoms with Gasteiger partial charge >= 0.3 is 0 Å². The van der Waals surface area contributed by atoms with Crippen molar-refractivity contribution in [2.24, 2.45) is 0 Å². The van der Waals surface area contributed by atoms with Crippen LogP contribution in [0, 0.1) is 6.92 Å². The van der Waals surface area contributed by atoms with Crippen LogP contribution in [0.4, 0.5) is 0 Å². The molecule has 0 N–H and O–H groups in total. The first-order valence-electron chi connectivity index (χ1n) is 27.0. The quantitative estimate of drug-likeness (QED) is 0.202. The summed E-state index contributed by atoms with van der Waals surface area (Å²) in [5, 5.41) is 0. The maximum Gasteiger partial charge on any atom is 0.260 e. The average Bonchev–Trinajstić information content (AvgIpc) is 3.37. The Morgan fingerprint density at radius 3 is 1.58 bits per heavy atom. The standard InChI is InChI=1S/C43H28B2O3/c1-27-21-22-36-40(23-27)46-37-18-7-4-15-33(37)44(36)32-14-3-2-13-31(32)29-12-10-11-28(24-29)30-25-41-43-42(26-30)48-39-20-9-6-17-35(39)45(43)34-16-5-8-19-38(34)47-41/h2-26H,1H3/i2D,3D,4D,5D,6D,7D,8D,9D,10D,11D,12D,13D,14D,15D,16D,17D,18D,19D,20D,21D,22D,23D,24D,25D,26D. The summed E-state index contributed by atoms with van der Waals surface area (Å²) in [7, 11) is 0. The molecular weight excluding hydrogens is 586 g/mol. The highest BCUT2D eigenvalue weighted by Crippen LogP contribution is 2.39. The number of hydrogen-bond donors (Lipinski definition) is 0. The summed E-state index contributed by atoms with van der Waals surface area (Å²) in [6.45, 7) is -2.29. The number of ether oxygens (including phenoxy) is 3. The normalized spacial score (nSPS) is 20.4. The van der Waals surface area contributed by atoms with E-state index in [1.54, 1.807) is 0 Å². The number of para-hydroxylation sites is 3. The van der Waals surface area contributed by atoms with Gasteiger partial charge < -0.3 is 14.2 Å². The molecule has 3 aliphatic heterocycles. The summed E-state index contributed by atoms with van der Waals surface area (Å²) in [5.74, 6) is -3.59. The van der Waals surface area contributed by atoms with Crippen molar-refractivity contribution in [3.05, 3.63) is 157 Å². The highest BCUT2D eigenvalue weighted by Gasteiger charge is 2.40. The van der Waals surface area contributed by atoms with E-state index in [0.717, 1.165) is 0 Å². The van der Waals surface area contributed by atoms with Gasteiger partial charge in [0.15, 0.2) is 0 Å². The summed E-state index contributed by atoms with van der Waals surface area (Å²) in [6, 6.07) is -21.1. The van der Waals surface area contributed by atoms with Crippen molar-refractivity contribution in [3.8, 4) is 56.8 Å². The smallest absolute Gasteiger partial charge is 0.260 e. The Hall–Kier alpha value is -5.93. The fourth-order valence-electron chi connectivity index (χ4n) is 6.10. The first-order chi connectivity index (χ1) is 34.1. The molecule has 7 aromatic carbocycles. The molecule has 0 amide bonds. The summed E-state index contributed by atoms with van der Waals surface area (Å²) in [4.78, 5) is 0. The lowest BCUT2D eigenvalue weighted by Crippen LogP contribution is -2.57. The summed E-state index contributed by atoms with van der Waals surface area (Å²) < 4.78 is 243. The molecule has 0 saturated heterocycles. The maximum absolute atomic E-state index is 9.88. The van der Waals surface area contributed by atoms with E-state index in [0.29, 0.717) is 0 Å². The van der Waals surface area contributed by atoms with E-state index in [1.165, 1.54) is 6.92 Å². The van der Waals surface area contributed by atoms with Crippen LogP contribution in [0.15, 0.2) is 151 Å². The molecule has 48 heavy (non-hydrogen) atoms. The van der Waals surface area contributed by atoms with Gasteiger partial charge in [-0.1, -0.05) is 114 Å². The van der Waals surface area contributed by atoms with Gasteiger partial charge in [-0.2, -0.15) is 0 Å². The van der Waals surface area contributed by atoms with Crippen LogP contribution >= 0.6 is 0 Å². The van der Waals surface area contributed by atoms with Crippen LogP contribution in [-0.4, -0.2) is 13.4 Å². The monoisotopic (exact) mass is 639 g/mol. The molecule has 0 spiro atoms. The molecule has 3 heterocycles. The van der Waals surface area contributed by atoms with Crippen LogP contribution in [0.2, 0.25) is 0 Å². The SMILES string of the molecule is [2H]c1c([2H])c([2H])c2c(c1[2H])Oc1c([2H])c(-c3c([2H])c([2H])c([2H])c(-c4c([2H])c([2H])c([2H])c([2H])c4B4c5c([2H])c([2H])c([2H])c([2H])c5Oc5c([2H])c(C)c([2H])c([2H])c54)c3[2H])c([2H])c3c1B2c1c([2H])c([2H])c([2H])c([2H])c1O3. The molecule has 224 valence electrons. The van der Waals surface area contributed by atoms with Crippen LogP contribution < -0.4 is 47.0 Å². The minimum Gasteiger partial charge on any atom is -0.458 e. The second-order valence-electron chi connectivity index (χ2n) is 10.9. The van der Waals surface area contributed by atoms with Crippen LogP contribution in [0.25, 0.3) is 22.3 Å². The van der Waals surface area contributed by atoms with E-state index < -0.39 is 238 Å². The van der Waals surface area contributed by atoms with Gasteiger partial charge in [0, 0.05) is 5.46 Å². The summed E-state index contributed by atoms with van der Waals surface area (Å²) in [6.07, 6.45) is 0. The van der Waals surface area contributed by atoms with Gasteiger partial charge in [0.25, 0.3) is 13.4 Å². The second-order valence-corrected chi connectivity index (χ2v) is 10.9. The van der Waals surface area contributed by atoms with Gasteiger partial charge in [-0.3, -0.25) is 0 Å². The molecule has 0 bridgehead atoms. The lowest BCUT2D eigenvalue weighted by atomic mass is 9.35. The molecule has 0 radical (unpaired) electrons. The van der Waals surface area contributed by atoms with E-state index in [4.69, 9.17) is 37.5 Å². The predicted molar refractivity (Wildman–Crippen MR) is 197 cm³/mol. The largest absolute Gasteiger partial charge is 0.458 e. The Balaban J connectivity index is 1.35. The van der Waals surface area contributed by atoms with Crippen molar-refractivity contribution < 1.29 is 48.5 Å². The maximum atomic E-state index is 9.88. The molecule has 0 aromatic heterocycles. The highest BCUT2D eigenvalue weighted by atomic mass is 16.5. The Morgan fingerprint density at radius 2 is 0.917 bits per heavy atom. The Bertz CT molecular complexity index is 3660. The van der Waals surface area contributed by atoms with Crippen molar-refractivity contribution in [2.45, 2.75) is 6.92 Å². The van der Waals surface area contributed by atoms with E-state index in [1.807, 2.05) is 0 Å². The van der Waals surface area contributed by atoms with E-state index in [9.17, 15) is 11.0 Å². The molecule has 10 rings (SSSR count). The average molecular weight is 639 g/mol. The number of fused-ring (bicyclic) bond motifs is 6. The first-order valence-corrected chi connectivity index (χ1v) is 14.5. The summed E-state index contributed by atoms with van der Waals surface area (Å²) in [5.41, 5.74) is -6.10. The van der Waals surface area contributed by atoms with E-state index >= 15 is 0 Å². The Labute approximate surface area is 315 Å². The second kappa shape index (κ2) is 10.5. The molecule has 0 aliphatic carbocycles. The molecule has 7 aromatic rings. The Morgan fingerprint density at radius 1 is 0.396 bits per heavy atom. The van der Waals surface area contributed by atoms with Gasteiger partial charge in [-0.15, -0.1) is 0 Å². The number of benzene rings is 7. The van der Waals surface area contributed by atoms with Crippen molar-refractivity contribution in [1.29, 1.82) is 0 Å². The molecule has 0 saturated carbocycles. The molecule has 3 nitrogen and oxygen atoms in total. The number of hydrogen-bond acceptors (Lipinski definition) is 3. The molecular formula is C43H28B2O3. The molecule has 5 heteroatoms. The minimum atomic E-state index is -1.98. The van der Waals surface area contributed by atoms with Crippen LogP contribution in [0.3, 0.4) is 0 Å². The van der Waals surface area contributed by atoms with Gasteiger partial charge in [-0.25, -0.2) is 0 Å². The van der Waals surface area contributed by atoms with Crippen LogP contribution in [0.1, 0.15) is 39.8 Å². The highest BCUT2D eigenvalue weighted by molar-refractivity contribution is 6.98. The molecule has 3 aliphatic rings. The van der Waals surface area contributed by atoms with Crippen molar-refractivity contribution in [3.63, 3.8) is 0 Å². The third-order valence-electron chi connectivity index (χ3n) is 8.12. The molecule has 0 atom stereocenters. The minimum absolute atomic E-state index is 0.105. The van der Waals surface area contributed by atoms with E-state index in [-0.39, 0.29) is 22.0 Å². The molecule has 0 unspecified atom stereocenters. The third kappa shape index (κ3) is 4.17. The van der Waals surface area contributed by atoms with Gasteiger partial charge in [0.1, 0.15) is 34.5 Å². The van der Waals surface area contributed by atoms with Crippen molar-refractivity contribution in [2.75, 3.05) is 0 Å². The third-order valence-corrected chi connectivity index (χ3v) is 8.12. The topological polar surface area (TPSA) is 27.7 Å². The van der Waals surface area contributed by atoms with Gasteiger partial charge in [0.05, 0.1) is 34.3 Å². The zero-order valence-corrected chi connectivity index (χ0v) is 24.4. The lowest BCUT2D eigenvalue weighted by Gasteiger charge is -2.33. The Kier molecular flexibility index (Phi) is 2.69. The van der Waals surface area contributed by atoms with E-state index in [2.05, 4.69) is 0 Å². The van der Waals surface area contributed by atoms with Gasteiger partial charge in [0.2, 0.25) is 0 Å². The van der Waals surface area contributed by atoms with Crippen molar-refractivity contribution >= 4 is 46.2 Å². The van der Waals surface area contributed by atoms with Crippen LogP contribution in [-0.2, 0) is 0 Å². The fraction of sp³-hybridized carbons (Fsp3) is 0.0233. The predicted octanol–water partition coefficient (Wildman–Crippen LogP) is 6.68. The first kappa shape index (κ1) is 12.3. The fourth-order valence-corrected chi connectivity index (χ4v) is 6.10. The molecule has 0 fully saturated rings. The number of rotatable bonds is 3. The zero-order chi connectivity index (χ0) is 53.5. The van der Waals surface area contributed by atoms with Crippen LogP contribution in [0.5, 0.6) is 34.5 Å². The summed E-state index contributed by atoms with van der Waals surface area (Å²) >= 11 is 0. The lowest BCUT2D eigenvalue weighted by molar-refractivity contribution is 0.465.